The lowest BCUT2D eigenvalue weighted by Gasteiger charge is -2.18. The normalized spacial score (nSPS) is 12.5. The van der Waals surface area contributed by atoms with E-state index in [1.54, 1.807) is 23.5 Å². The molecule has 0 bridgehead atoms. The minimum absolute atomic E-state index is 0.0550. The van der Waals surface area contributed by atoms with Crippen molar-refractivity contribution in [3.63, 3.8) is 0 Å². The van der Waals surface area contributed by atoms with Crippen molar-refractivity contribution in [3.8, 4) is 5.75 Å². The van der Waals surface area contributed by atoms with Crippen molar-refractivity contribution in [2.45, 2.75) is 19.9 Å². The van der Waals surface area contributed by atoms with Crippen LogP contribution in [-0.4, -0.2) is 14.2 Å². The molecule has 1 aromatic carbocycles. The Morgan fingerprint density at radius 3 is 2.53 bits per heavy atom. The average molecular weight is 279 g/mol. The number of benzene rings is 1. The zero-order chi connectivity index (χ0) is 14.0. The number of thiophene rings is 1. The van der Waals surface area contributed by atoms with Crippen molar-refractivity contribution in [1.29, 1.82) is 0 Å². The number of aryl methyl sites for hydroxylation is 2. The molecule has 2 aromatic rings. The highest BCUT2D eigenvalue weighted by Crippen LogP contribution is 2.32. The van der Waals surface area contributed by atoms with Gasteiger partial charge in [0.1, 0.15) is 0 Å². The minimum Gasteiger partial charge on any atom is -0.494 e. The predicted octanol–water partition coefficient (Wildman–Crippen LogP) is 3.82. The van der Waals surface area contributed by atoms with E-state index in [-0.39, 0.29) is 17.6 Å². The molecule has 1 N–H and O–H groups in total. The highest BCUT2D eigenvalue weighted by Gasteiger charge is 2.17. The number of halogens is 1. The molecule has 0 saturated heterocycles. The zero-order valence-corrected chi connectivity index (χ0v) is 12.4. The summed E-state index contributed by atoms with van der Waals surface area (Å²) in [4.78, 5) is 2.56. The van der Waals surface area contributed by atoms with Crippen LogP contribution in [0.15, 0.2) is 24.3 Å². The Morgan fingerprint density at radius 2 is 2.00 bits per heavy atom. The van der Waals surface area contributed by atoms with Crippen molar-refractivity contribution in [1.82, 2.24) is 5.32 Å². The molecule has 4 heteroatoms. The van der Waals surface area contributed by atoms with Crippen LogP contribution in [0.25, 0.3) is 0 Å². The Labute approximate surface area is 117 Å². The van der Waals surface area contributed by atoms with Gasteiger partial charge in [-0.15, -0.1) is 11.3 Å². The number of hydrogen-bond donors (Lipinski definition) is 1. The van der Waals surface area contributed by atoms with Gasteiger partial charge in [0.2, 0.25) is 0 Å². The average Bonchev–Trinajstić information content (AvgIpc) is 2.71. The fourth-order valence-electron chi connectivity index (χ4n) is 2.29. The van der Waals surface area contributed by atoms with Gasteiger partial charge in [-0.05, 0) is 50.2 Å². The number of rotatable bonds is 4. The van der Waals surface area contributed by atoms with E-state index in [0.717, 1.165) is 5.56 Å². The van der Waals surface area contributed by atoms with Crippen molar-refractivity contribution >= 4 is 11.3 Å². The van der Waals surface area contributed by atoms with Crippen LogP contribution >= 0.6 is 11.3 Å². The van der Waals surface area contributed by atoms with Crippen LogP contribution in [0.1, 0.15) is 26.9 Å². The van der Waals surface area contributed by atoms with E-state index in [2.05, 4.69) is 25.2 Å². The number of methoxy groups -OCH3 is 1. The summed E-state index contributed by atoms with van der Waals surface area (Å²) in [5.41, 5.74) is 2.24. The molecule has 1 unspecified atom stereocenters. The third-order valence-corrected chi connectivity index (χ3v) is 4.17. The SMILES string of the molecule is CNC(c1ccc(F)c(OC)c1)c1cc(C)sc1C. The van der Waals surface area contributed by atoms with Crippen molar-refractivity contribution in [2.24, 2.45) is 0 Å². The van der Waals surface area contributed by atoms with Gasteiger partial charge < -0.3 is 10.1 Å². The van der Waals surface area contributed by atoms with Gasteiger partial charge in [0, 0.05) is 9.75 Å². The molecule has 102 valence electrons. The molecular formula is C15H18FNOS. The largest absolute Gasteiger partial charge is 0.494 e. The van der Waals surface area contributed by atoms with Gasteiger partial charge in [0.25, 0.3) is 0 Å². The van der Waals surface area contributed by atoms with Gasteiger partial charge in [-0.2, -0.15) is 0 Å². The maximum Gasteiger partial charge on any atom is 0.165 e. The molecule has 1 heterocycles. The van der Waals surface area contributed by atoms with Crippen LogP contribution in [0, 0.1) is 19.7 Å². The van der Waals surface area contributed by atoms with Crippen LogP contribution in [0.2, 0.25) is 0 Å². The van der Waals surface area contributed by atoms with Crippen molar-refractivity contribution < 1.29 is 9.13 Å². The van der Waals surface area contributed by atoms with Crippen molar-refractivity contribution in [2.75, 3.05) is 14.2 Å². The van der Waals surface area contributed by atoms with E-state index in [1.165, 1.54) is 28.5 Å². The molecule has 2 rings (SSSR count). The summed E-state index contributed by atoms with van der Waals surface area (Å²) in [6.07, 6.45) is 0. The second-order valence-electron chi connectivity index (χ2n) is 4.48. The molecule has 0 fully saturated rings. The predicted molar refractivity (Wildman–Crippen MR) is 77.6 cm³/mol. The molecule has 0 aliphatic rings. The number of ether oxygens (including phenoxy) is 1. The van der Waals surface area contributed by atoms with Gasteiger partial charge in [-0.25, -0.2) is 4.39 Å². The van der Waals surface area contributed by atoms with E-state index in [0.29, 0.717) is 0 Å². The Kier molecular flexibility index (Phi) is 4.22. The fraction of sp³-hybridized carbons (Fsp3) is 0.333. The minimum atomic E-state index is -0.334. The Hall–Kier alpha value is -1.39. The van der Waals surface area contributed by atoms with Gasteiger partial charge in [-0.1, -0.05) is 6.07 Å². The summed E-state index contributed by atoms with van der Waals surface area (Å²) in [6, 6.07) is 7.23. The molecule has 19 heavy (non-hydrogen) atoms. The monoisotopic (exact) mass is 279 g/mol. The van der Waals surface area contributed by atoms with Crippen molar-refractivity contribution in [3.05, 3.63) is 51.0 Å². The molecule has 0 aliphatic carbocycles. The van der Waals surface area contributed by atoms with Crippen LogP contribution in [-0.2, 0) is 0 Å². The molecule has 0 amide bonds. The first-order valence-corrected chi connectivity index (χ1v) is 6.96. The molecule has 0 saturated carbocycles. The second kappa shape index (κ2) is 5.72. The first-order valence-electron chi connectivity index (χ1n) is 6.14. The smallest absolute Gasteiger partial charge is 0.165 e. The zero-order valence-electron chi connectivity index (χ0n) is 11.6. The van der Waals surface area contributed by atoms with E-state index < -0.39 is 0 Å². The van der Waals surface area contributed by atoms with Gasteiger partial charge in [0.15, 0.2) is 11.6 Å². The Morgan fingerprint density at radius 1 is 1.26 bits per heavy atom. The fourth-order valence-corrected chi connectivity index (χ4v) is 3.26. The van der Waals surface area contributed by atoms with Gasteiger partial charge in [0.05, 0.1) is 13.2 Å². The summed E-state index contributed by atoms with van der Waals surface area (Å²) in [5, 5.41) is 3.29. The lowest BCUT2D eigenvalue weighted by atomic mass is 9.99. The molecule has 0 spiro atoms. The van der Waals surface area contributed by atoms with Gasteiger partial charge >= 0.3 is 0 Å². The van der Waals surface area contributed by atoms with Gasteiger partial charge in [-0.3, -0.25) is 0 Å². The Balaban J connectivity index is 2.45. The quantitative estimate of drug-likeness (QED) is 0.918. The summed E-state index contributed by atoms with van der Waals surface area (Å²) in [6.45, 7) is 4.21. The molecule has 2 nitrogen and oxygen atoms in total. The summed E-state index contributed by atoms with van der Waals surface area (Å²) < 4.78 is 18.5. The van der Waals surface area contributed by atoms with E-state index in [1.807, 2.05) is 7.05 Å². The second-order valence-corrected chi connectivity index (χ2v) is 5.94. The van der Waals surface area contributed by atoms with E-state index >= 15 is 0 Å². The van der Waals surface area contributed by atoms with Crippen LogP contribution < -0.4 is 10.1 Å². The highest BCUT2D eigenvalue weighted by molar-refractivity contribution is 7.12. The van der Waals surface area contributed by atoms with Crippen LogP contribution in [0.5, 0.6) is 5.75 Å². The molecule has 0 radical (unpaired) electrons. The van der Waals surface area contributed by atoms with E-state index in [9.17, 15) is 4.39 Å². The first kappa shape index (κ1) is 14.0. The molecular weight excluding hydrogens is 261 g/mol. The number of hydrogen-bond acceptors (Lipinski definition) is 3. The summed E-state index contributed by atoms with van der Waals surface area (Å²) >= 11 is 1.78. The van der Waals surface area contributed by atoms with Crippen LogP contribution in [0.3, 0.4) is 0 Å². The summed E-state index contributed by atoms with van der Waals surface area (Å²) in [7, 11) is 3.39. The molecule has 1 aromatic heterocycles. The lowest BCUT2D eigenvalue weighted by molar-refractivity contribution is 0.385. The standard InChI is InChI=1S/C15H18FNOS/c1-9-7-12(10(2)19-9)15(17-3)11-5-6-13(16)14(8-11)18-4/h5-8,15,17H,1-4H3. The topological polar surface area (TPSA) is 21.3 Å². The Bertz CT molecular complexity index is 580. The maximum atomic E-state index is 13.5. The summed E-state index contributed by atoms with van der Waals surface area (Å²) in [5.74, 6) is -0.0540. The third kappa shape index (κ3) is 2.80. The molecule has 1 atom stereocenters. The lowest BCUT2D eigenvalue weighted by Crippen LogP contribution is -2.18. The third-order valence-electron chi connectivity index (χ3n) is 3.19. The maximum absolute atomic E-state index is 13.5. The number of nitrogens with one attached hydrogen (secondary N) is 1. The first-order chi connectivity index (χ1) is 9.06. The highest BCUT2D eigenvalue weighted by atomic mass is 32.1. The van der Waals surface area contributed by atoms with E-state index in [4.69, 9.17) is 4.74 Å². The van der Waals surface area contributed by atoms with Crippen LogP contribution in [0.4, 0.5) is 4.39 Å². The molecule has 0 aliphatic heterocycles.